The molecule has 196 valence electrons. The Kier molecular flexibility index (Phi) is 7.73. The highest BCUT2D eigenvalue weighted by Crippen LogP contribution is 2.40. The summed E-state index contributed by atoms with van der Waals surface area (Å²) in [5, 5.41) is 1.04. The van der Waals surface area contributed by atoms with Gasteiger partial charge in [0, 0.05) is 41.2 Å². The predicted octanol–water partition coefficient (Wildman–Crippen LogP) is 5.22. The Balaban J connectivity index is 1.66. The Morgan fingerprint density at radius 1 is 1.08 bits per heavy atom. The van der Waals surface area contributed by atoms with Crippen LogP contribution in [0.15, 0.2) is 54.7 Å². The third-order valence-corrected chi connectivity index (χ3v) is 6.45. The lowest BCUT2D eigenvalue weighted by Gasteiger charge is -2.29. The first-order valence-corrected chi connectivity index (χ1v) is 12.8. The molecule has 1 aliphatic heterocycles. The number of esters is 1. The average Bonchev–Trinajstić information content (AvgIpc) is 3.18. The second-order valence-electron chi connectivity index (χ2n) is 10.8. The molecule has 1 N–H and O–H groups in total. The van der Waals surface area contributed by atoms with Gasteiger partial charge in [-0.05, 0) is 70.3 Å². The van der Waals surface area contributed by atoms with E-state index in [1.165, 1.54) is 0 Å². The Morgan fingerprint density at radius 2 is 1.78 bits per heavy atom. The van der Waals surface area contributed by atoms with Crippen LogP contribution in [0.3, 0.4) is 0 Å². The minimum absolute atomic E-state index is 0.184. The van der Waals surface area contributed by atoms with Crippen LogP contribution in [0.4, 0.5) is 0 Å². The summed E-state index contributed by atoms with van der Waals surface area (Å²) in [4.78, 5) is 34.1. The van der Waals surface area contributed by atoms with Crippen LogP contribution < -0.4 is 4.74 Å². The number of rotatable bonds is 8. The van der Waals surface area contributed by atoms with Crippen LogP contribution in [0.5, 0.6) is 5.75 Å². The lowest BCUT2D eigenvalue weighted by Crippen LogP contribution is -2.36. The molecule has 0 radical (unpaired) electrons. The molecule has 2 aromatic carbocycles. The lowest BCUT2D eigenvalue weighted by atomic mass is 9.81. The van der Waals surface area contributed by atoms with Gasteiger partial charge in [-0.15, -0.1) is 0 Å². The van der Waals surface area contributed by atoms with Gasteiger partial charge >= 0.3 is 5.97 Å². The summed E-state index contributed by atoms with van der Waals surface area (Å²) in [5.74, 6) is 0.0843. The number of benzene rings is 2. The molecule has 0 unspecified atom stereocenters. The van der Waals surface area contributed by atoms with Gasteiger partial charge in [-0.1, -0.05) is 32.0 Å². The predicted molar refractivity (Wildman–Crippen MR) is 147 cm³/mol. The number of ether oxygens (including phenoxy) is 2. The largest absolute Gasteiger partial charge is 0.494 e. The molecule has 0 atom stereocenters. The maximum Gasteiger partial charge on any atom is 0.342 e. The van der Waals surface area contributed by atoms with E-state index in [4.69, 9.17) is 9.47 Å². The number of carbonyl (C=O) groups is 2. The fourth-order valence-corrected chi connectivity index (χ4v) is 4.81. The number of nitrogens with zero attached hydrogens (tertiary/aromatic N) is 2. The molecular weight excluding hydrogens is 466 g/mol. The van der Waals surface area contributed by atoms with Crippen LogP contribution in [-0.2, 0) is 14.9 Å². The summed E-state index contributed by atoms with van der Waals surface area (Å²) in [6.45, 7) is 9.80. The van der Waals surface area contributed by atoms with Crippen molar-refractivity contribution in [2.45, 2.75) is 45.6 Å². The van der Waals surface area contributed by atoms with Crippen molar-refractivity contribution < 1.29 is 19.1 Å². The zero-order valence-corrected chi connectivity index (χ0v) is 22.6. The van der Waals surface area contributed by atoms with Crippen LogP contribution in [0.25, 0.3) is 16.5 Å². The van der Waals surface area contributed by atoms with Gasteiger partial charge in [0.15, 0.2) is 0 Å². The monoisotopic (exact) mass is 503 g/mol. The van der Waals surface area contributed by atoms with Crippen molar-refractivity contribution in [2.75, 3.05) is 33.8 Å². The number of aromatic amines is 1. The van der Waals surface area contributed by atoms with Gasteiger partial charge in [-0.2, -0.15) is 0 Å². The van der Waals surface area contributed by atoms with Crippen LogP contribution >= 0.6 is 0 Å². The van der Waals surface area contributed by atoms with E-state index in [1.807, 2.05) is 64.3 Å². The molecule has 2 heterocycles. The Labute approximate surface area is 219 Å². The second kappa shape index (κ2) is 10.8. The standard InChI is InChI=1S/C30H37N3O4/c1-20(2)37-29(35)24-18-33(19-30(3,4)26-23-10-7-8-11-25(23)31-27(24)26)28(34)21-12-14-22(15-13-21)36-17-9-16-32(5)6/h7-8,10-15,18,20,31H,9,16-17,19H2,1-6H3. The molecule has 1 aromatic heterocycles. The quantitative estimate of drug-likeness (QED) is 0.337. The molecule has 0 bridgehead atoms. The molecule has 37 heavy (non-hydrogen) atoms. The number of nitrogens with one attached hydrogen (secondary N) is 1. The normalized spacial score (nSPS) is 14.9. The van der Waals surface area contributed by atoms with E-state index in [-0.39, 0.29) is 12.0 Å². The number of fused-ring (bicyclic) bond motifs is 3. The molecule has 7 heteroatoms. The van der Waals surface area contributed by atoms with Crippen molar-refractivity contribution in [3.8, 4) is 5.75 Å². The smallest absolute Gasteiger partial charge is 0.342 e. The number of aromatic nitrogens is 1. The van der Waals surface area contributed by atoms with Crippen molar-refractivity contribution in [2.24, 2.45) is 0 Å². The molecule has 0 fully saturated rings. The summed E-state index contributed by atoms with van der Waals surface area (Å²) in [7, 11) is 4.07. The molecule has 0 saturated carbocycles. The highest BCUT2D eigenvalue weighted by Gasteiger charge is 2.37. The minimum atomic E-state index is -0.459. The van der Waals surface area contributed by atoms with E-state index < -0.39 is 11.4 Å². The second-order valence-corrected chi connectivity index (χ2v) is 10.8. The van der Waals surface area contributed by atoms with Gasteiger partial charge in [0.1, 0.15) is 5.75 Å². The maximum absolute atomic E-state index is 13.7. The Hall–Kier alpha value is -3.58. The summed E-state index contributed by atoms with van der Waals surface area (Å²) in [6, 6.07) is 15.2. The van der Waals surface area contributed by atoms with Crippen LogP contribution in [0, 0.1) is 0 Å². The fourth-order valence-electron chi connectivity index (χ4n) is 4.81. The van der Waals surface area contributed by atoms with Crippen molar-refractivity contribution >= 4 is 28.4 Å². The van der Waals surface area contributed by atoms with E-state index in [0.717, 1.165) is 35.2 Å². The summed E-state index contributed by atoms with van der Waals surface area (Å²) in [5.41, 5.74) is 3.10. The zero-order chi connectivity index (χ0) is 26.7. The number of carbonyl (C=O) groups excluding carboxylic acids is 2. The molecule has 0 aliphatic carbocycles. The fraction of sp³-hybridized carbons (Fsp3) is 0.400. The highest BCUT2D eigenvalue weighted by molar-refractivity contribution is 6.18. The number of hydrogen-bond donors (Lipinski definition) is 1. The van der Waals surface area contributed by atoms with Crippen molar-refractivity contribution in [1.29, 1.82) is 0 Å². The van der Waals surface area contributed by atoms with Gasteiger partial charge in [0.05, 0.1) is 24.0 Å². The first-order valence-electron chi connectivity index (χ1n) is 12.8. The molecule has 4 rings (SSSR count). The van der Waals surface area contributed by atoms with Crippen LogP contribution in [0.1, 0.15) is 55.7 Å². The molecule has 0 spiro atoms. The first kappa shape index (κ1) is 26.5. The third-order valence-electron chi connectivity index (χ3n) is 6.45. The molecule has 7 nitrogen and oxygen atoms in total. The van der Waals surface area contributed by atoms with Gasteiger partial charge in [-0.25, -0.2) is 4.79 Å². The molecule has 3 aromatic rings. The Bertz CT molecular complexity index is 1300. The van der Waals surface area contributed by atoms with E-state index in [0.29, 0.717) is 30.0 Å². The molecule has 0 saturated heterocycles. The van der Waals surface area contributed by atoms with Crippen LogP contribution in [-0.4, -0.2) is 66.6 Å². The maximum atomic E-state index is 13.7. The highest BCUT2D eigenvalue weighted by atomic mass is 16.5. The number of hydrogen-bond acceptors (Lipinski definition) is 5. The number of para-hydroxylation sites is 1. The van der Waals surface area contributed by atoms with E-state index in [1.54, 1.807) is 23.2 Å². The van der Waals surface area contributed by atoms with Gasteiger partial charge < -0.3 is 24.3 Å². The Morgan fingerprint density at radius 3 is 2.46 bits per heavy atom. The number of H-pyrrole nitrogens is 1. The summed E-state index contributed by atoms with van der Waals surface area (Å²) < 4.78 is 11.4. The topological polar surface area (TPSA) is 74.9 Å². The van der Waals surface area contributed by atoms with Crippen molar-refractivity contribution in [3.63, 3.8) is 0 Å². The molecular formula is C30H37N3O4. The van der Waals surface area contributed by atoms with Gasteiger partial charge in [0.2, 0.25) is 0 Å². The SMILES string of the molecule is CC(C)OC(=O)C1=CN(C(=O)c2ccc(OCCCN(C)C)cc2)CC(C)(C)c2c1[nH]c1ccccc21. The third kappa shape index (κ3) is 5.88. The van der Waals surface area contributed by atoms with Crippen molar-refractivity contribution in [3.05, 3.63) is 71.6 Å². The van der Waals surface area contributed by atoms with Gasteiger partial charge in [0.25, 0.3) is 5.91 Å². The zero-order valence-electron chi connectivity index (χ0n) is 22.6. The average molecular weight is 504 g/mol. The van der Waals surface area contributed by atoms with Crippen molar-refractivity contribution in [1.82, 2.24) is 14.8 Å². The summed E-state index contributed by atoms with van der Waals surface area (Å²) >= 11 is 0. The molecule has 1 aliphatic rings. The lowest BCUT2D eigenvalue weighted by molar-refractivity contribution is -0.140. The minimum Gasteiger partial charge on any atom is -0.494 e. The number of amides is 1. The van der Waals surface area contributed by atoms with E-state index in [9.17, 15) is 9.59 Å². The van der Waals surface area contributed by atoms with E-state index in [2.05, 4.69) is 23.7 Å². The van der Waals surface area contributed by atoms with Crippen LogP contribution in [0.2, 0.25) is 0 Å². The van der Waals surface area contributed by atoms with Gasteiger partial charge in [-0.3, -0.25) is 4.79 Å². The first-order chi connectivity index (χ1) is 17.6. The van der Waals surface area contributed by atoms with E-state index >= 15 is 0 Å². The molecule has 1 amide bonds. The summed E-state index contributed by atoms with van der Waals surface area (Å²) in [6.07, 6.45) is 2.28.